The zero-order valence-electron chi connectivity index (χ0n) is 10.4. The number of halogens is 2. The molecule has 0 aliphatic rings. The van der Waals surface area contributed by atoms with Gasteiger partial charge in [-0.2, -0.15) is 5.26 Å². The predicted molar refractivity (Wildman–Crippen MR) is 77.9 cm³/mol. The summed E-state index contributed by atoms with van der Waals surface area (Å²) in [5, 5.41) is 19.1. The number of aliphatic hydroxyl groups excluding tert-OH is 1. The van der Waals surface area contributed by atoms with Gasteiger partial charge in [0.05, 0.1) is 18.2 Å². The highest BCUT2D eigenvalue weighted by Crippen LogP contribution is 2.25. The fraction of sp³-hybridized carbons (Fsp3) is 0.133. The molecule has 1 N–H and O–H groups in total. The first kappa shape index (κ1) is 14.7. The van der Waals surface area contributed by atoms with Gasteiger partial charge in [-0.3, -0.25) is 0 Å². The van der Waals surface area contributed by atoms with E-state index in [9.17, 15) is 5.11 Å². The van der Waals surface area contributed by atoms with E-state index in [1.165, 1.54) is 0 Å². The number of benzene rings is 2. The Hall–Kier alpha value is -1.73. The summed E-state index contributed by atoms with van der Waals surface area (Å²) in [7, 11) is 0. The van der Waals surface area contributed by atoms with E-state index in [1.807, 2.05) is 6.07 Å². The van der Waals surface area contributed by atoms with Crippen LogP contribution in [0.25, 0.3) is 0 Å². The number of nitrogens with zero attached hydrogens (tertiary/aromatic N) is 1. The van der Waals surface area contributed by atoms with E-state index in [2.05, 4.69) is 0 Å². The van der Waals surface area contributed by atoms with E-state index in [1.54, 1.807) is 36.4 Å². The third-order valence-corrected chi connectivity index (χ3v) is 3.35. The molecule has 0 aliphatic heterocycles. The topological polar surface area (TPSA) is 53.2 Å². The molecule has 2 aromatic carbocycles. The highest BCUT2D eigenvalue weighted by atomic mass is 35.5. The number of hydrogen-bond donors (Lipinski definition) is 1. The second-order valence-electron chi connectivity index (χ2n) is 4.12. The van der Waals surface area contributed by atoms with Gasteiger partial charge in [0, 0.05) is 21.2 Å². The summed E-state index contributed by atoms with van der Waals surface area (Å²) in [6.45, 7) is 0.0934. The van der Waals surface area contributed by atoms with Crippen molar-refractivity contribution in [1.29, 1.82) is 5.26 Å². The van der Waals surface area contributed by atoms with Gasteiger partial charge in [0.1, 0.15) is 12.4 Å². The Morgan fingerprint density at radius 2 is 1.90 bits per heavy atom. The standard InChI is InChI=1S/C15H11Cl2NO2/c16-13-3-4-15(12(6-13)8-19)20-9-11-2-1-10(7-18)5-14(11)17/h1-6,19H,8-9H2. The molecule has 0 heterocycles. The Kier molecular flexibility index (Phi) is 4.86. The lowest BCUT2D eigenvalue weighted by Crippen LogP contribution is -1.99. The highest BCUT2D eigenvalue weighted by Gasteiger charge is 2.07. The third kappa shape index (κ3) is 3.43. The van der Waals surface area contributed by atoms with E-state index >= 15 is 0 Å². The van der Waals surface area contributed by atoms with E-state index in [-0.39, 0.29) is 13.2 Å². The molecule has 2 rings (SSSR count). The molecule has 0 radical (unpaired) electrons. The SMILES string of the molecule is N#Cc1ccc(COc2ccc(Cl)cc2CO)c(Cl)c1. The zero-order valence-corrected chi connectivity index (χ0v) is 11.9. The number of rotatable bonds is 4. The Morgan fingerprint density at radius 3 is 2.55 bits per heavy atom. The molecule has 0 aromatic heterocycles. The maximum atomic E-state index is 9.26. The van der Waals surface area contributed by atoms with Gasteiger partial charge in [0.25, 0.3) is 0 Å². The number of aliphatic hydroxyl groups is 1. The van der Waals surface area contributed by atoms with Crippen LogP contribution in [0.15, 0.2) is 36.4 Å². The van der Waals surface area contributed by atoms with Crippen LogP contribution in [-0.4, -0.2) is 5.11 Å². The van der Waals surface area contributed by atoms with Crippen molar-refractivity contribution in [3.8, 4) is 11.8 Å². The molecule has 0 atom stereocenters. The Morgan fingerprint density at radius 1 is 1.10 bits per heavy atom. The minimum Gasteiger partial charge on any atom is -0.488 e. The van der Waals surface area contributed by atoms with Gasteiger partial charge in [0.15, 0.2) is 0 Å². The van der Waals surface area contributed by atoms with Gasteiger partial charge in [-0.1, -0.05) is 29.3 Å². The van der Waals surface area contributed by atoms with Crippen molar-refractivity contribution in [2.75, 3.05) is 0 Å². The van der Waals surface area contributed by atoms with Gasteiger partial charge >= 0.3 is 0 Å². The van der Waals surface area contributed by atoms with E-state index in [4.69, 9.17) is 33.2 Å². The summed E-state index contributed by atoms with van der Waals surface area (Å²) in [6, 6.07) is 12.1. The second kappa shape index (κ2) is 6.62. The normalized spacial score (nSPS) is 10.1. The predicted octanol–water partition coefficient (Wildman–Crippen LogP) is 3.94. The van der Waals surface area contributed by atoms with Crippen LogP contribution >= 0.6 is 23.2 Å². The van der Waals surface area contributed by atoms with Crippen LogP contribution in [0.5, 0.6) is 5.75 Å². The molecule has 0 amide bonds. The average molecular weight is 308 g/mol. The summed E-state index contributed by atoms with van der Waals surface area (Å²) in [5.41, 5.74) is 1.88. The maximum absolute atomic E-state index is 9.26. The first-order valence-electron chi connectivity index (χ1n) is 5.84. The molecule has 3 nitrogen and oxygen atoms in total. The van der Waals surface area contributed by atoms with Crippen molar-refractivity contribution in [1.82, 2.24) is 0 Å². The van der Waals surface area contributed by atoms with E-state index in [0.717, 1.165) is 5.56 Å². The summed E-state index contributed by atoms with van der Waals surface area (Å²) in [4.78, 5) is 0. The lowest BCUT2D eigenvalue weighted by molar-refractivity contribution is 0.259. The highest BCUT2D eigenvalue weighted by molar-refractivity contribution is 6.31. The molecule has 5 heteroatoms. The first-order chi connectivity index (χ1) is 9.63. The molecular formula is C15H11Cl2NO2. The third-order valence-electron chi connectivity index (χ3n) is 2.76. The summed E-state index contributed by atoms with van der Waals surface area (Å²) < 4.78 is 5.64. The van der Waals surface area contributed by atoms with Crippen LogP contribution in [0, 0.1) is 11.3 Å². The monoisotopic (exact) mass is 307 g/mol. The van der Waals surface area contributed by atoms with Crippen molar-refractivity contribution in [2.24, 2.45) is 0 Å². The molecule has 2 aromatic rings. The number of ether oxygens (including phenoxy) is 1. The van der Waals surface area contributed by atoms with Gasteiger partial charge in [-0.05, 0) is 30.3 Å². The molecule has 0 saturated heterocycles. The smallest absolute Gasteiger partial charge is 0.125 e. The summed E-state index contributed by atoms with van der Waals surface area (Å²) in [5.74, 6) is 0.553. The molecule has 0 unspecified atom stereocenters. The molecule has 20 heavy (non-hydrogen) atoms. The van der Waals surface area contributed by atoms with Gasteiger partial charge in [0.2, 0.25) is 0 Å². The molecule has 0 spiro atoms. The van der Waals surface area contributed by atoms with Gasteiger partial charge in [-0.25, -0.2) is 0 Å². The molecule has 0 bridgehead atoms. The van der Waals surface area contributed by atoms with Gasteiger partial charge < -0.3 is 9.84 Å². The lowest BCUT2D eigenvalue weighted by Gasteiger charge is -2.11. The first-order valence-corrected chi connectivity index (χ1v) is 6.60. The van der Waals surface area contributed by atoms with Gasteiger partial charge in [-0.15, -0.1) is 0 Å². The van der Waals surface area contributed by atoms with E-state index < -0.39 is 0 Å². The summed E-state index contributed by atoms with van der Waals surface area (Å²) in [6.07, 6.45) is 0. The lowest BCUT2D eigenvalue weighted by atomic mass is 10.1. The van der Waals surface area contributed by atoms with Crippen molar-refractivity contribution in [2.45, 2.75) is 13.2 Å². The van der Waals surface area contributed by atoms with Crippen LogP contribution in [0.1, 0.15) is 16.7 Å². The fourth-order valence-electron chi connectivity index (χ4n) is 1.70. The van der Waals surface area contributed by atoms with Crippen LogP contribution in [0.4, 0.5) is 0 Å². The van der Waals surface area contributed by atoms with Crippen molar-refractivity contribution < 1.29 is 9.84 Å². The fourth-order valence-corrected chi connectivity index (χ4v) is 2.13. The summed E-state index contributed by atoms with van der Waals surface area (Å²) >= 11 is 11.9. The molecule has 0 aliphatic carbocycles. The Balaban J connectivity index is 2.15. The van der Waals surface area contributed by atoms with Crippen molar-refractivity contribution in [3.05, 3.63) is 63.1 Å². The molecule has 0 fully saturated rings. The van der Waals surface area contributed by atoms with Crippen molar-refractivity contribution >= 4 is 23.2 Å². The average Bonchev–Trinajstić information content (AvgIpc) is 2.46. The van der Waals surface area contributed by atoms with Crippen LogP contribution in [0.2, 0.25) is 10.0 Å². The number of nitriles is 1. The molecule has 0 saturated carbocycles. The minimum absolute atomic E-state index is 0.156. The maximum Gasteiger partial charge on any atom is 0.125 e. The van der Waals surface area contributed by atoms with Crippen molar-refractivity contribution in [3.63, 3.8) is 0 Å². The molecule has 102 valence electrons. The van der Waals surface area contributed by atoms with Crippen LogP contribution in [0.3, 0.4) is 0 Å². The number of hydrogen-bond acceptors (Lipinski definition) is 3. The van der Waals surface area contributed by atoms with Crippen LogP contribution in [-0.2, 0) is 13.2 Å². The Labute approximate surface area is 126 Å². The molecular weight excluding hydrogens is 297 g/mol. The largest absolute Gasteiger partial charge is 0.488 e. The van der Waals surface area contributed by atoms with E-state index in [0.29, 0.717) is 26.9 Å². The second-order valence-corrected chi connectivity index (χ2v) is 4.96. The quantitative estimate of drug-likeness (QED) is 0.931. The van der Waals surface area contributed by atoms with Crippen LogP contribution < -0.4 is 4.74 Å². The Bertz CT molecular complexity index is 665. The zero-order chi connectivity index (χ0) is 14.5. The minimum atomic E-state index is -0.156.